The second-order valence-electron chi connectivity index (χ2n) is 4.97. The van der Waals surface area contributed by atoms with Crippen LogP contribution in [0.5, 0.6) is 0 Å². The largest absolute Gasteiger partial charge is 0.383 e. The molecule has 0 aromatic heterocycles. The molecule has 1 aliphatic heterocycles. The second-order valence-corrected chi connectivity index (χ2v) is 4.97. The highest BCUT2D eigenvalue weighted by atomic mass is 127. The predicted molar refractivity (Wildman–Crippen MR) is 84.5 cm³/mol. The summed E-state index contributed by atoms with van der Waals surface area (Å²) in [6.07, 6.45) is 4.96. The molecule has 0 aromatic carbocycles. The van der Waals surface area contributed by atoms with Crippen LogP contribution >= 0.6 is 24.0 Å². The topological polar surface area (TPSA) is 62.9 Å². The van der Waals surface area contributed by atoms with Crippen LogP contribution in [0.3, 0.4) is 0 Å². The van der Waals surface area contributed by atoms with Crippen molar-refractivity contribution in [3.05, 3.63) is 0 Å². The molecule has 2 fully saturated rings. The fourth-order valence-electron chi connectivity index (χ4n) is 2.29. The van der Waals surface area contributed by atoms with Crippen molar-refractivity contribution in [2.24, 2.45) is 10.7 Å². The number of halogens is 1. The maximum Gasteiger partial charge on any atom is 0.188 e. The van der Waals surface area contributed by atoms with E-state index in [1.54, 1.807) is 7.11 Å². The minimum atomic E-state index is 0. The lowest BCUT2D eigenvalue weighted by molar-refractivity contribution is 0.143. The van der Waals surface area contributed by atoms with Crippen LogP contribution in [0.4, 0.5) is 0 Å². The van der Waals surface area contributed by atoms with Gasteiger partial charge < -0.3 is 15.8 Å². The van der Waals surface area contributed by atoms with Gasteiger partial charge in [-0.25, -0.2) is 0 Å². The highest BCUT2D eigenvalue weighted by Crippen LogP contribution is 2.19. The molecular formula is C12H25IN4O. The van der Waals surface area contributed by atoms with Crippen LogP contribution in [0.1, 0.15) is 25.7 Å². The Hall–Kier alpha value is -0.0800. The third kappa shape index (κ3) is 5.27. The van der Waals surface area contributed by atoms with E-state index in [9.17, 15) is 0 Å². The van der Waals surface area contributed by atoms with Gasteiger partial charge >= 0.3 is 0 Å². The zero-order chi connectivity index (χ0) is 12.1. The van der Waals surface area contributed by atoms with E-state index in [-0.39, 0.29) is 24.0 Å². The molecule has 2 rings (SSSR count). The summed E-state index contributed by atoms with van der Waals surface area (Å²) in [6, 6.07) is 1.14. The fraction of sp³-hybridized carbons (Fsp3) is 0.917. The number of aliphatic imine (C=N–C) groups is 1. The van der Waals surface area contributed by atoms with E-state index in [0.717, 1.165) is 19.7 Å². The van der Waals surface area contributed by atoms with Crippen molar-refractivity contribution < 1.29 is 4.74 Å². The van der Waals surface area contributed by atoms with E-state index in [1.807, 2.05) is 0 Å². The van der Waals surface area contributed by atoms with E-state index in [4.69, 9.17) is 10.5 Å². The Kier molecular flexibility index (Phi) is 7.25. The molecule has 18 heavy (non-hydrogen) atoms. The zero-order valence-electron chi connectivity index (χ0n) is 11.1. The summed E-state index contributed by atoms with van der Waals surface area (Å²) in [5, 5.41) is 3.22. The summed E-state index contributed by atoms with van der Waals surface area (Å²) in [5.74, 6) is 0.617. The van der Waals surface area contributed by atoms with Crippen LogP contribution in [0.15, 0.2) is 4.99 Å². The Labute approximate surface area is 127 Å². The standard InChI is InChI=1S/C12H24N4O.HI/c1-17-8-7-16-6-2-3-11(16)9-14-12(13)15-10-4-5-10;/h10-11H,2-9H2,1H3,(H3,13,14,15);1H. The summed E-state index contributed by atoms with van der Waals surface area (Å²) in [4.78, 5) is 6.90. The number of nitrogens with zero attached hydrogens (tertiary/aromatic N) is 2. The van der Waals surface area contributed by atoms with Crippen molar-refractivity contribution >= 4 is 29.9 Å². The van der Waals surface area contributed by atoms with Crippen LogP contribution in [0.2, 0.25) is 0 Å². The molecular weight excluding hydrogens is 343 g/mol. The molecule has 0 amide bonds. The van der Waals surface area contributed by atoms with Crippen LogP contribution in [0.25, 0.3) is 0 Å². The number of hydrogen-bond acceptors (Lipinski definition) is 3. The maximum atomic E-state index is 5.83. The van der Waals surface area contributed by atoms with Crippen molar-refractivity contribution in [3.63, 3.8) is 0 Å². The van der Waals surface area contributed by atoms with Gasteiger partial charge in [-0.2, -0.15) is 0 Å². The molecule has 5 nitrogen and oxygen atoms in total. The molecule has 0 bridgehead atoms. The van der Waals surface area contributed by atoms with Crippen molar-refractivity contribution in [1.82, 2.24) is 10.2 Å². The number of nitrogens with one attached hydrogen (secondary N) is 1. The Morgan fingerprint density at radius 1 is 1.44 bits per heavy atom. The number of likely N-dealkylation sites (tertiary alicyclic amines) is 1. The lowest BCUT2D eigenvalue weighted by Crippen LogP contribution is -2.37. The average molecular weight is 368 g/mol. The SMILES string of the molecule is COCCN1CCCC1CN=C(N)NC1CC1.I. The summed E-state index contributed by atoms with van der Waals surface area (Å²) >= 11 is 0. The molecule has 6 heteroatoms. The fourth-order valence-corrected chi connectivity index (χ4v) is 2.29. The van der Waals surface area contributed by atoms with Gasteiger partial charge in [0, 0.05) is 25.7 Å². The van der Waals surface area contributed by atoms with Gasteiger partial charge in [-0.05, 0) is 32.2 Å². The Morgan fingerprint density at radius 3 is 2.89 bits per heavy atom. The summed E-state index contributed by atoms with van der Waals surface area (Å²) in [5.41, 5.74) is 5.83. The van der Waals surface area contributed by atoms with E-state index < -0.39 is 0 Å². The third-order valence-electron chi connectivity index (χ3n) is 3.48. The molecule has 106 valence electrons. The highest BCUT2D eigenvalue weighted by molar-refractivity contribution is 14.0. The summed E-state index contributed by atoms with van der Waals surface area (Å²) in [7, 11) is 1.75. The molecule has 0 spiro atoms. The summed E-state index contributed by atoms with van der Waals surface area (Å²) < 4.78 is 5.12. The Balaban J connectivity index is 0.00000162. The van der Waals surface area contributed by atoms with Gasteiger partial charge in [-0.3, -0.25) is 9.89 Å². The number of rotatable bonds is 6. The van der Waals surface area contributed by atoms with Gasteiger partial charge in [0.05, 0.1) is 13.2 Å². The number of guanidine groups is 1. The molecule has 0 aromatic rings. The molecule has 1 atom stereocenters. The molecule has 1 saturated heterocycles. The summed E-state index contributed by atoms with van der Waals surface area (Å²) in [6.45, 7) is 3.79. The minimum Gasteiger partial charge on any atom is -0.383 e. The van der Waals surface area contributed by atoms with E-state index >= 15 is 0 Å². The van der Waals surface area contributed by atoms with E-state index in [1.165, 1.54) is 32.2 Å². The molecule has 1 saturated carbocycles. The first-order valence-corrected chi connectivity index (χ1v) is 6.59. The van der Waals surface area contributed by atoms with Gasteiger partial charge in [0.15, 0.2) is 5.96 Å². The first-order valence-electron chi connectivity index (χ1n) is 6.59. The van der Waals surface area contributed by atoms with Crippen LogP contribution in [-0.2, 0) is 4.74 Å². The van der Waals surface area contributed by atoms with Crippen molar-refractivity contribution in [2.75, 3.05) is 33.4 Å². The zero-order valence-corrected chi connectivity index (χ0v) is 13.4. The van der Waals surface area contributed by atoms with Gasteiger partial charge in [-0.15, -0.1) is 24.0 Å². The normalized spacial score (nSPS) is 24.9. The number of ether oxygens (including phenoxy) is 1. The van der Waals surface area contributed by atoms with Gasteiger partial charge in [0.1, 0.15) is 0 Å². The van der Waals surface area contributed by atoms with Crippen molar-refractivity contribution in [3.8, 4) is 0 Å². The Bertz CT molecular complexity index is 271. The van der Waals surface area contributed by atoms with Crippen LogP contribution in [-0.4, -0.2) is 56.3 Å². The monoisotopic (exact) mass is 368 g/mol. The molecule has 1 aliphatic carbocycles. The lowest BCUT2D eigenvalue weighted by atomic mass is 10.2. The average Bonchev–Trinajstić information content (AvgIpc) is 3.01. The van der Waals surface area contributed by atoms with Crippen LogP contribution < -0.4 is 11.1 Å². The van der Waals surface area contributed by atoms with Crippen LogP contribution in [0, 0.1) is 0 Å². The number of methoxy groups -OCH3 is 1. The maximum absolute atomic E-state index is 5.83. The second kappa shape index (κ2) is 8.16. The Morgan fingerprint density at radius 2 is 2.22 bits per heavy atom. The highest BCUT2D eigenvalue weighted by Gasteiger charge is 2.24. The van der Waals surface area contributed by atoms with Gasteiger partial charge in [0.25, 0.3) is 0 Å². The predicted octanol–water partition coefficient (Wildman–Crippen LogP) is 0.782. The van der Waals surface area contributed by atoms with E-state index in [2.05, 4.69) is 15.2 Å². The lowest BCUT2D eigenvalue weighted by Gasteiger charge is -2.22. The van der Waals surface area contributed by atoms with Crippen molar-refractivity contribution in [1.29, 1.82) is 0 Å². The first kappa shape index (κ1) is 16.0. The molecule has 1 heterocycles. The first-order chi connectivity index (χ1) is 8.29. The number of nitrogens with two attached hydrogens (primary N) is 1. The molecule has 2 aliphatic rings. The molecule has 3 N–H and O–H groups in total. The van der Waals surface area contributed by atoms with Gasteiger partial charge in [-0.1, -0.05) is 0 Å². The van der Waals surface area contributed by atoms with Crippen molar-refractivity contribution in [2.45, 2.75) is 37.8 Å². The molecule has 0 radical (unpaired) electrons. The minimum absolute atomic E-state index is 0. The number of hydrogen-bond donors (Lipinski definition) is 2. The van der Waals surface area contributed by atoms with Gasteiger partial charge in [0.2, 0.25) is 0 Å². The quantitative estimate of drug-likeness (QED) is 0.413. The molecule has 1 unspecified atom stereocenters. The third-order valence-corrected chi connectivity index (χ3v) is 3.48. The van der Waals surface area contributed by atoms with E-state index in [0.29, 0.717) is 18.0 Å². The smallest absolute Gasteiger partial charge is 0.188 e.